The van der Waals surface area contributed by atoms with Crippen LogP contribution in [-0.4, -0.2) is 54.4 Å². The predicted molar refractivity (Wildman–Crippen MR) is 100 cm³/mol. The lowest BCUT2D eigenvalue weighted by Crippen LogP contribution is -2.45. The van der Waals surface area contributed by atoms with E-state index in [4.69, 9.17) is 10.1 Å². The molecular weight excluding hydrogens is 320 g/mol. The van der Waals surface area contributed by atoms with Crippen LogP contribution in [0, 0.1) is 15.5 Å². The van der Waals surface area contributed by atoms with Crippen molar-refractivity contribution in [3.63, 3.8) is 0 Å². The van der Waals surface area contributed by atoms with Crippen molar-refractivity contribution >= 4 is 22.7 Å². The lowest BCUT2D eigenvalue weighted by Gasteiger charge is -2.32. The van der Waals surface area contributed by atoms with E-state index in [1.165, 1.54) is 6.07 Å². The van der Waals surface area contributed by atoms with E-state index in [2.05, 4.69) is 17.1 Å². The zero-order chi connectivity index (χ0) is 18.4. The highest BCUT2D eigenvalue weighted by Crippen LogP contribution is 2.29. The number of ether oxygens (including phenoxy) is 1. The molecule has 2 N–H and O–H groups in total. The third-order valence-electron chi connectivity index (χ3n) is 4.46. The van der Waals surface area contributed by atoms with Crippen LogP contribution in [0.4, 0.5) is 11.4 Å². The number of allylic oxidation sites excluding steroid dienone is 2. The van der Waals surface area contributed by atoms with E-state index in [-0.39, 0.29) is 16.7 Å². The third kappa shape index (κ3) is 4.87. The fraction of sp³-hybridized carbons (Fsp3) is 0.500. The van der Waals surface area contributed by atoms with Gasteiger partial charge in [0.25, 0.3) is 5.69 Å². The number of nitro groups is 1. The zero-order valence-electron chi connectivity index (χ0n) is 15.0. The van der Waals surface area contributed by atoms with Crippen LogP contribution in [0.3, 0.4) is 0 Å². The molecule has 0 amide bonds. The molecule has 0 aromatic heterocycles. The molecule has 1 heterocycles. The van der Waals surface area contributed by atoms with E-state index in [0.717, 1.165) is 26.3 Å². The Hall–Kier alpha value is -2.25. The highest BCUT2D eigenvalue weighted by atomic mass is 16.6. The van der Waals surface area contributed by atoms with E-state index in [1.54, 1.807) is 19.1 Å². The highest BCUT2D eigenvalue weighted by Gasteiger charge is 2.20. The molecule has 1 aromatic carbocycles. The molecule has 7 nitrogen and oxygen atoms in total. The third-order valence-corrected chi connectivity index (χ3v) is 4.46. The van der Waals surface area contributed by atoms with Gasteiger partial charge in [-0.05, 0) is 38.0 Å². The van der Waals surface area contributed by atoms with Gasteiger partial charge in [0.2, 0.25) is 0 Å². The van der Waals surface area contributed by atoms with Gasteiger partial charge in [-0.1, -0.05) is 12.1 Å². The number of hydrogen-bond donors (Lipinski definition) is 2. The molecule has 25 heavy (non-hydrogen) atoms. The van der Waals surface area contributed by atoms with Crippen molar-refractivity contribution in [2.45, 2.75) is 26.8 Å². The first-order valence-corrected chi connectivity index (χ1v) is 8.50. The Morgan fingerprint density at radius 2 is 2.16 bits per heavy atom. The lowest BCUT2D eigenvalue weighted by molar-refractivity contribution is -0.384. The Morgan fingerprint density at radius 3 is 2.72 bits per heavy atom. The Morgan fingerprint density at radius 1 is 1.48 bits per heavy atom. The Bertz CT molecular complexity index is 666. The molecule has 0 radical (unpaired) electrons. The molecule has 7 heteroatoms. The molecule has 1 aromatic rings. The molecule has 1 fully saturated rings. The quantitative estimate of drug-likeness (QED) is 0.449. The topological polar surface area (TPSA) is 91.5 Å². The van der Waals surface area contributed by atoms with Crippen molar-refractivity contribution in [1.82, 2.24) is 4.90 Å². The number of hydrogen-bond acceptors (Lipinski definition) is 6. The molecular formula is C18H26N4O3. The maximum Gasteiger partial charge on any atom is 0.292 e. The first kappa shape index (κ1) is 19.1. The van der Waals surface area contributed by atoms with Gasteiger partial charge in [-0.15, -0.1) is 0 Å². The monoisotopic (exact) mass is 346 g/mol. The van der Waals surface area contributed by atoms with Crippen LogP contribution in [0.2, 0.25) is 0 Å². The summed E-state index contributed by atoms with van der Waals surface area (Å²) in [5.41, 5.74) is 2.32. The minimum Gasteiger partial charge on any atom is -0.379 e. The van der Waals surface area contributed by atoms with E-state index >= 15 is 0 Å². The van der Waals surface area contributed by atoms with Gasteiger partial charge in [0, 0.05) is 37.5 Å². The summed E-state index contributed by atoms with van der Waals surface area (Å²) >= 11 is 0. The molecule has 0 aliphatic carbocycles. The number of nitrogens with zero attached hydrogens (tertiary/aromatic N) is 2. The van der Waals surface area contributed by atoms with Crippen molar-refractivity contribution in [3.8, 4) is 0 Å². The van der Waals surface area contributed by atoms with Crippen molar-refractivity contribution in [1.29, 1.82) is 5.41 Å². The second kappa shape index (κ2) is 8.73. The smallest absolute Gasteiger partial charge is 0.292 e. The molecule has 0 bridgehead atoms. The average Bonchev–Trinajstić information content (AvgIpc) is 2.61. The van der Waals surface area contributed by atoms with Crippen molar-refractivity contribution in [2.75, 3.05) is 38.2 Å². The molecule has 1 aliphatic heterocycles. The van der Waals surface area contributed by atoms with Crippen LogP contribution in [0.25, 0.3) is 5.57 Å². The Kier molecular flexibility index (Phi) is 6.66. The van der Waals surface area contributed by atoms with Crippen LogP contribution in [0.1, 0.15) is 26.3 Å². The number of morpholine rings is 1. The molecule has 2 rings (SSSR count). The van der Waals surface area contributed by atoms with Crippen molar-refractivity contribution in [2.24, 2.45) is 0 Å². The predicted octanol–water partition coefficient (Wildman–Crippen LogP) is 3.17. The summed E-state index contributed by atoms with van der Waals surface area (Å²) < 4.78 is 5.35. The molecule has 1 aliphatic rings. The van der Waals surface area contributed by atoms with E-state index in [9.17, 15) is 10.1 Å². The van der Waals surface area contributed by atoms with E-state index < -0.39 is 0 Å². The van der Waals surface area contributed by atoms with Gasteiger partial charge < -0.3 is 15.5 Å². The Labute approximate surface area is 148 Å². The number of anilines is 1. The highest BCUT2D eigenvalue weighted by molar-refractivity contribution is 6.21. The SMILES string of the molecule is C/C=C(/C(C)=N)c1ccc(NCC(C)N2CCOCC2)c([N+](=O)[O-])c1. The summed E-state index contributed by atoms with van der Waals surface area (Å²) in [5.74, 6) is 0. The van der Waals surface area contributed by atoms with Crippen LogP contribution in [-0.2, 0) is 4.74 Å². The number of nitrogens with one attached hydrogen (secondary N) is 2. The zero-order valence-corrected chi connectivity index (χ0v) is 15.0. The lowest BCUT2D eigenvalue weighted by atomic mass is 10.0. The summed E-state index contributed by atoms with van der Waals surface area (Å²) in [6.45, 7) is 9.46. The number of rotatable bonds is 7. The second-order valence-corrected chi connectivity index (χ2v) is 6.19. The van der Waals surface area contributed by atoms with Gasteiger partial charge in [0.15, 0.2) is 0 Å². The molecule has 1 atom stereocenters. The van der Waals surface area contributed by atoms with Crippen LogP contribution < -0.4 is 5.32 Å². The average molecular weight is 346 g/mol. The standard InChI is InChI=1S/C18H26N4O3/c1-4-16(14(3)19)15-5-6-17(18(11-15)22(23)24)20-12-13(2)21-7-9-25-10-8-21/h4-6,11,13,19-20H,7-10,12H2,1-3H3/b16-4-,19-14?. The summed E-state index contributed by atoms with van der Waals surface area (Å²) in [7, 11) is 0. The summed E-state index contributed by atoms with van der Waals surface area (Å²) in [6.07, 6.45) is 1.80. The minimum atomic E-state index is -0.377. The first-order valence-electron chi connectivity index (χ1n) is 8.50. The normalized spacial score (nSPS) is 17.2. The van der Waals surface area contributed by atoms with Crippen LogP contribution in [0.5, 0.6) is 0 Å². The van der Waals surface area contributed by atoms with Crippen LogP contribution in [0.15, 0.2) is 24.3 Å². The number of nitro benzene ring substituents is 1. The van der Waals surface area contributed by atoms with Crippen molar-refractivity contribution in [3.05, 3.63) is 40.0 Å². The molecule has 1 unspecified atom stereocenters. The molecule has 0 saturated carbocycles. The molecule has 1 saturated heterocycles. The maximum absolute atomic E-state index is 11.5. The summed E-state index contributed by atoms with van der Waals surface area (Å²) in [5, 5.41) is 22.5. The van der Waals surface area contributed by atoms with Gasteiger partial charge >= 0.3 is 0 Å². The van der Waals surface area contributed by atoms with Gasteiger partial charge in [-0.2, -0.15) is 0 Å². The molecule has 136 valence electrons. The fourth-order valence-electron chi connectivity index (χ4n) is 3.00. The Balaban J connectivity index is 2.14. The van der Waals surface area contributed by atoms with Gasteiger partial charge in [0.05, 0.1) is 18.1 Å². The van der Waals surface area contributed by atoms with Gasteiger partial charge in [-0.25, -0.2) is 0 Å². The maximum atomic E-state index is 11.5. The van der Waals surface area contributed by atoms with Gasteiger partial charge in [0.1, 0.15) is 5.69 Å². The van der Waals surface area contributed by atoms with Gasteiger partial charge in [-0.3, -0.25) is 15.0 Å². The van der Waals surface area contributed by atoms with Crippen LogP contribution >= 0.6 is 0 Å². The number of benzene rings is 1. The molecule has 0 spiro atoms. The van der Waals surface area contributed by atoms with E-state index in [0.29, 0.717) is 29.1 Å². The van der Waals surface area contributed by atoms with Crippen molar-refractivity contribution < 1.29 is 9.66 Å². The second-order valence-electron chi connectivity index (χ2n) is 6.19. The summed E-state index contributed by atoms with van der Waals surface area (Å²) in [4.78, 5) is 13.4. The fourth-order valence-corrected chi connectivity index (χ4v) is 3.00. The summed E-state index contributed by atoms with van der Waals surface area (Å²) in [6, 6.07) is 5.35. The minimum absolute atomic E-state index is 0.0345. The van der Waals surface area contributed by atoms with E-state index in [1.807, 2.05) is 13.0 Å². The first-order chi connectivity index (χ1) is 11.9. The largest absolute Gasteiger partial charge is 0.379 e.